The summed E-state index contributed by atoms with van der Waals surface area (Å²) in [5, 5.41) is 23.1. The van der Waals surface area contributed by atoms with E-state index in [-0.39, 0.29) is 11.6 Å². The molecule has 1 N–H and O–H groups in total. The summed E-state index contributed by atoms with van der Waals surface area (Å²) < 4.78 is 22.5. The molecule has 0 radical (unpaired) electrons. The van der Waals surface area contributed by atoms with E-state index in [4.69, 9.17) is 26.5 Å². The van der Waals surface area contributed by atoms with Crippen LogP contribution in [-0.4, -0.2) is 34.1 Å². The molecule has 1 heterocycles. The molecule has 1 fully saturated rings. The lowest BCUT2D eigenvalue weighted by Crippen LogP contribution is -2.24. The predicted molar refractivity (Wildman–Crippen MR) is 136 cm³/mol. The highest BCUT2D eigenvalue weighted by atomic mass is 35.5. The molecule has 0 unspecified atom stereocenters. The van der Waals surface area contributed by atoms with Gasteiger partial charge in [0.25, 0.3) is 0 Å². The van der Waals surface area contributed by atoms with Gasteiger partial charge < -0.3 is 9.84 Å². The van der Waals surface area contributed by atoms with Crippen molar-refractivity contribution in [3.63, 3.8) is 0 Å². The number of aromatic nitrogens is 2. The summed E-state index contributed by atoms with van der Waals surface area (Å²) in [6.45, 7) is 0.872. The molecule has 0 spiro atoms. The number of carbonyl (C=O) groups is 1. The molecular weight excluding hydrogens is 481 g/mol. The van der Waals surface area contributed by atoms with E-state index in [2.05, 4.69) is 6.07 Å². The Morgan fingerprint density at radius 3 is 2.56 bits per heavy atom. The Kier molecular flexibility index (Phi) is 8.74. The smallest absolute Gasteiger partial charge is 0.329 e. The zero-order chi connectivity index (χ0) is 25.5. The van der Waals surface area contributed by atoms with E-state index in [1.807, 2.05) is 35.0 Å². The topological polar surface area (TPSA) is 88.1 Å². The number of halogens is 2. The van der Waals surface area contributed by atoms with Gasteiger partial charge in [-0.2, -0.15) is 10.4 Å². The quantitative estimate of drug-likeness (QED) is 0.343. The summed E-state index contributed by atoms with van der Waals surface area (Å²) >= 11 is 6.15. The van der Waals surface area contributed by atoms with Crippen LogP contribution in [0.4, 0.5) is 4.39 Å². The molecular formula is C28H29ClFN3O3. The first kappa shape index (κ1) is 25.9. The number of hydrogen-bond acceptors (Lipinski definition) is 4. The summed E-state index contributed by atoms with van der Waals surface area (Å²) in [7, 11) is 0. The molecule has 3 aromatic rings. The van der Waals surface area contributed by atoms with Crippen LogP contribution in [0, 0.1) is 29.0 Å². The first-order valence-corrected chi connectivity index (χ1v) is 12.6. The SMILES string of the molecule is N#CCCc1c(-c2cccc(Cl)c2F)c(-c2ccccc2)nn1C[C@H]1CC[C@@H](COCC(=O)O)CC1. The lowest BCUT2D eigenvalue weighted by atomic mass is 9.82. The molecule has 0 saturated heterocycles. The van der Waals surface area contributed by atoms with Gasteiger partial charge in [-0.05, 0) is 43.6 Å². The number of nitriles is 1. The highest BCUT2D eigenvalue weighted by Gasteiger charge is 2.27. The van der Waals surface area contributed by atoms with Gasteiger partial charge in [0.2, 0.25) is 0 Å². The molecule has 1 aromatic heterocycles. The van der Waals surface area contributed by atoms with E-state index in [9.17, 15) is 10.1 Å². The van der Waals surface area contributed by atoms with E-state index < -0.39 is 11.8 Å². The minimum Gasteiger partial charge on any atom is -0.480 e. The fourth-order valence-electron chi connectivity index (χ4n) is 4.99. The molecule has 1 aliphatic rings. The molecule has 1 aliphatic carbocycles. The third-order valence-electron chi connectivity index (χ3n) is 6.78. The second-order valence-corrected chi connectivity index (χ2v) is 9.68. The number of rotatable bonds is 10. The van der Waals surface area contributed by atoms with E-state index in [1.54, 1.807) is 12.1 Å². The number of carboxylic acid groups (broad SMARTS) is 1. The Balaban J connectivity index is 1.65. The maximum absolute atomic E-state index is 15.3. The van der Waals surface area contributed by atoms with Gasteiger partial charge in [0.05, 0.1) is 17.7 Å². The van der Waals surface area contributed by atoms with Crippen LogP contribution >= 0.6 is 11.6 Å². The van der Waals surface area contributed by atoms with Crippen molar-refractivity contribution in [1.29, 1.82) is 5.26 Å². The van der Waals surface area contributed by atoms with Crippen molar-refractivity contribution in [1.82, 2.24) is 9.78 Å². The number of benzene rings is 2. The lowest BCUT2D eigenvalue weighted by Gasteiger charge is -2.28. The minimum absolute atomic E-state index is 0.0499. The minimum atomic E-state index is -0.951. The normalized spacial score (nSPS) is 17.6. The van der Waals surface area contributed by atoms with Crippen molar-refractivity contribution >= 4 is 17.6 Å². The van der Waals surface area contributed by atoms with Crippen molar-refractivity contribution < 1.29 is 19.0 Å². The van der Waals surface area contributed by atoms with E-state index in [1.165, 1.54) is 6.07 Å². The molecule has 0 amide bonds. The molecule has 0 atom stereocenters. The van der Waals surface area contributed by atoms with E-state index >= 15 is 4.39 Å². The van der Waals surface area contributed by atoms with Gasteiger partial charge in [-0.25, -0.2) is 9.18 Å². The van der Waals surface area contributed by atoms with Crippen molar-refractivity contribution in [2.24, 2.45) is 11.8 Å². The standard InChI is InChI=1S/C28H29ClFN3O3/c29-23-9-4-8-22(27(23)30)26-24(10-5-15-31)33(32-28(26)21-6-2-1-3-7-21)16-19-11-13-20(14-12-19)17-36-18-25(34)35/h1-4,6-9,19-20H,5,10-14,16-18H2,(H,34,35)/t19-,20+. The van der Waals surface area contributed by atoms with Gasteiger partial charge >= 0.3 is 5.97 Å². The largest absolute Gasteiger partial charge is 0.480 e. The zero-order valence-electron chi connectivity index (χ0n) is 20.0. The molecule has 8 heteroatoms. The van der Waals surface area contributed by atoms with Gasteiger partial charge in [0.1, 0.15) is 18.1 Å². The fourth-order valence-corrected chi connectivity index (χ4v) is 5.17. The van der Waals surface area contributed by atoms with Gasteiger partial charge in [0.15, 0.2) is 0 Å². The van der Waals surface area contributed by atoms with Crippen LogP contribution in [0.25, 0.3) is 22.4 Å². The zero-order valence-corrected chi connectivity index (χ0v) is 20.8. The fraction of sp³-hybridized carbons (Fsp3) is 0.393. The molecule has 36 heavy (non-hydrogen) atoms. The number of hydrogen-bond donors (Lipinski definition) is 1. The van der Waals surface area contributed by atoms with Crippen LogP contribution in [0.15, 0.2) is 48.5 Å². The Labute approximate surface area is 215 Å². The predicted octanol–water partition coefficient (Wildman–Crippen LogP) is 6.37. The first-order chi connectivity index (χ1) is 17.5. The summed E-state index contributed by atoms with van der Waals surface area (Å²) in [6.07, 6.45) is 4.61. The number of carboxylic acids is 1. The van der Waals surface area contributed by atoms with Gasteiger partial charge in [-0.1, -0.05) is 54.1 Å². The van der Waals surface area contributed by atoms with Gasteiger partial charge in [-0.15, -0.1) is 0 Å². The van der Waals surface area contributed by atoms with Crippen molar-refractivity contribution in [2.75, 3.05) is 13.2 Å². The van der Waals surface area contributed by atoms with Gasteiger partial charge in [0, 0.05) is 41.8 Å². The van der Waals surface area contributed by atoms with Crippen molar-refractivity contribution in [3.8, 4) is 28.5 Å². The highest BCUT2D eigenvalue weighted by molar-refractivity contribution is 6.31. The lowest BCUT2D eigenvalue weighted by molar-refractivity contribution is -0.142. The van der Waals surface area contributed by atoms with E-state index in [0.29, 0.717) is 54.6 Å². The second-order valence-electron chi connectivity index (χ2n) is 9.27. The first-order valence-electron chi connectivity index (χ1n) is 12.2. The Morgan fingerprint density at radius 1 is 1.14 bits per heavy atom. The second kappa shape index (κ2) is 12.2. The molecule has 188 valence electrons. The number of aliphatic carboxylic acids is 1. The van der Waals surface area contributed by atoms with Crippen LogP contribution in [0.2, 0.25) is 5.02 Å². The average Bonchev–Trinajstić information content (AvgIpc) is 3.23. The molecule has 0 bridgehead atoms. The Hall–Kier alpha value is -3.21. The summed E-state index contributed by atoms with van der Waals surface area (Å²) in [4.78, 5) is 10.7. The highest BCUT2D eigenvalue weighted by Crippen LogP contribution is 2.39. The Morgan fingerprint density at radius 2 is 1.86 bits per heavy atom. The van der Waals surface area contributed by atoms with Crippen molar-refractivity contribution in [3.05, 3.63) is 65.1 Å². The van der Waals surface area contributed by atoms with Crippen LogP contribution in [-0.2, 0) is 22.5 Å². The maximum Gasteiger partial charge on any atom is 0.329 e. The Bertz CT molecular complexity index is 1230. The monoisotopic (exact) mass is 509 g/mol. The van der Waals surface area contributed by atoms with Crippen LogP contribution in [0.1, 0.15) is 37.8 Å². The van der Waals surface area contributed by atoms with Crippen LogP contribution < -0.4 is 0 Å². The molecule has 0 aliphatic heterocycles. The van der Waals surface area contributed by atoms with Gasteiger partial charge in [-0.3, -0.25) is 4.68 Å². The van der Waals surface area contributed by atoms with Crippen molar-refractivity contribution in [2.45, 2.75) is 45.1 Å². The molecule has 4 rings (SSSR count). The third-order valence-corrected chi connectivity index (χ3v) is 7.07. The molecule has 2 aromatic carbocycles. The summed E-state index contributed by atoms with van der Waals surface area (Å²) in [6, 6.07) is 16.9. The number of ether oxygens (including phenoxy) is 1. The summed E-state index contributed by atoms with van der Waals surface area (Å²) in [5.41, 5.74) is 3.47. The summed E-state index contributed by atoms with van der Waals surface area (Å²) in [5.74, 6) is -0.709. The number of nitrogens with zero attached hydrogens (tertiary/aromatic N) is 3. The maximum atomic E-state index is 15.3. The van der Waals surface area contributed by atoms with Crippen LogP contribution in [0.5, 0.6) is 0 Å². The molecule has 1 saturated carbocycles. The van der Waals surface area contributed by atoms with E-state index in [0.717, 1.165) is 36.9 Å². The average molecular weight is 510 g/mol. The third kappa shape index (κ3) is 6.13. The molecule has 6 nitrogen and oxygen atoms in total. The van der Waals surface area contributed by atoms with Crippen LogP contribution in [0.3, 0.4) is 0 Å².